The average molecular weight is 406 g/mol. The Morgan fingerprint density at radius 3 is 2.57 bits per heavy atom. The van der Waals surface area contributed by atoms with Gasteiger partial charge in [0, 0.05) is 13.1 Å². The first kappa shape index (κ1) is 20.2. The van der Waals surface area contributed by atoms with E-state index in [9.17, 15) is 14.7 Å². The molecule has 0 radical (unpaired) electrons. The van der Waals surface area contributed by atoms with E-state index < -0.39 is 23.5 Å². The van der Waals surface area contributed by atoms with Gasteiger partial charge in [-0.05, 0) is 62.7 Å². The number of rotatable bonds is 7. The predicted molar refractivity (Wildman–Crippen MR) is 114 cm³/mol. The lowest BCUT2D eigenvalue weighted by Crippen LogP contribution is -2.37. The van der Waals surface area contributed by atoms with Crippen molar-refractivity contribution in [3.05, 3.63) is 77.0 Å². The number of hydrogen-bond donors (Lipinski definition) is 1. The van der Waals surface area contributed by atoms with Gasteiger partial charge in [-0.25, -0.2) is 0 Å². The maximum absolute atomic E-state index is 13.0. The molecule has 30 heavy (non-hydrogen) atoms. The van der Waals surface area contributed by atoms with Crippen molar-refractivity contribution >= 4 is 17.8 Å². The van der Waals surface area contributed by atoms with Gasteiger partial charge in [-0.15, -0.1) is 0 Å². The highest BCUT2D eigenvalue weighted by atomic mass is 16.3. The molecule has 1 atom stereocenters. The van der Waals surface area contributed by atoms with Crippen LogP contribution in [0.2, 0.25) is 0 Å². The Labute approximate surface area is 176 Å². The quantitative estimate of drug-likeness (QED) is 0.711. The summed E-state index contributed by atoms with van der Waals surface area (Å²) in [5.41, 5.74) is 2.02. The number of ketones is 1. The number of aliphatic hydroxyl groups excluding tert-OH is 1. The molecule has 4 rings (SSSR count). The number of furan rings is 1. The zero-order chi connectivity index (χ0) is 21.1. The lowest BCUT2D eigenvalue weighted by molar-refractivity contribution is -0.129. The molecule has 1 amide bonds. The van der Waals surface area contributed by atoms with E-state index in [2.05, 4.69) is 4.90 Å². The Bertz CT molecular complexity index is 967. The molecule has 0 bridgehead atoms. The highest BCUT2D eigenvalue weighted by Crippen LogP contribution is 2.38. The fourth-order valence-electron chi connectivity index (χ4n) is 4.12. The zero-order valence-corrected chi connectivity index (χ0v) is 17.1. The van der Waals surface area contributed by atoms with Gasteiger partial charge in [0.2, 0.25) is 0 Å². The molecule has 2 aliphatic rings. The SMILES string of the molecule is Cc1ccc(C2C(C(=O)/C=C/c3ccco3)=C(O)C(=O)N2CCN2CCCC2)cc1. The number of aryl methyl sites for hydroxylation is 1. The number of aliphatic hydroxyl groups is 1. The molecular formula is C24H26N2O4. The first-order valence-electron chi connectivity index (χ1n) is 10.3. The number of likely N-dealkylation sites (tertiary alicyclic amines) is 1. The molecule has 3 heterocycles. The zero-order valence-electron chi connectivity index (χ0n) is 17.1. The van der Waals surface area contributed by atoms with Crippen LogP contribution in [0, 0.1) is 6.92 Å². The highest BCUT2D eigenvalue weighted by Gasteiger charge is 2.42. The van der Waals surface area contributed by atoms with Crippen LogP contribution in [0.3, 0.4) is 0 Å². The molecule has 2 aromatic rings. The number of hydrogen-bond acceptors (Lipinski definition) is 5. The summed E-state index contributed by atoms with van der Waals surface area (Å²) in [6, 6.07) is 10.6. The minimum atomic E-state index is -0.602. The van der Waals surface area contributed by atoms with Gasteiger partial charge in [-0.1, -0.05) is 29.8 Å². The van der Waals surface area contributed by atoms with Crippen molar-refractivity contribution in [2.45, 2.75) is 25.8 Å². The molecule has 1 saturated heterocycles. The minimum absolute atomic E-state index is 0.119. The van der Waals surface area contributed by atoms with E-state index in [0.717, 1.165) is 30.8 Å². The second-order valence-corrected chi connectivity index (χ2v) is 7.84. The molecule has 1 aromatic carbocycles. The van der Waals surface area contributed by atoms with E-state index >= 15 is 0 Å². The van der Waals surface area contributed by atoms with Crippen LogP contribution in [0.15, 0.2) is 64.5 Å². The van der Waals surface area contributed by atoms with E-state index in [1.54, 1.807) is 23.1 Å². The summed E-state index contributed by atoms with van der Waals surface area (Å²) in [5.74, 6) is -0.817. The Hall–Kier alpha value is -3.12. The number of carbonyl (C=O) groups is 2. The number of amides is 1. The standard InChI is InChI=1S/C24H26N2O4/c1-17-6-8-18(9-7-17)22-21(20(27)11-10-19-5-4-16-30-19)23(28)24(29)26(22)15-14-25-12-2-3-13-25/h4-11,16,22,28H,2-3,12-15H2,1H3/b11-10+. The van der Waals surface area contributed by atoms with Crippen molar-refractivity contribution in [3.8, 4) is 0 Å². The Kier molecular flexibility index (Phi) is 5.86. The van der Waals surface area contributed by atoms with Crippen molar-refractivity contribution in [2.75, 3.05) is 26.2 Å². The van der Waals surface area contributed by atoms with Crippen LogP contribution in [0.25, 0.3) is 6.08 Å². The molecule has 6 heteroatoms. The van der Waals surface area contributed by atoms with Gasteiger partial charge >= 0.3 is 0 Å². The van der Waals surface area contributed by atoms with Crippen molar-refractivity contribution in [3.63, 3.8) is 0 Å². The lowest BCUT2D eigenvalue weighted by Gasteiger charge is -2.28. The number of benzene rings is 1. The molecular weight excluding hydrogens is 380 g/mol. The van der Waals surface area contributed by atoms with Gasteiger partial charge in [-0.2, -0.15) is 0 Å². The largest absolute Gasteiger partial charge is 0.503 e. The minimum Gasteiger partial charge on any atom is -0.503 e. The number of nitrogens with zero attached hydrogens (tertiary/aromatic N) is 2. The normalized spacial score (nSPS) is 20.1. The Balaban J connectivity index is 1.63. The molecule has 1 unspecified atom stereocenters. The monoisotopic (exact) mass is 406 g/mol. The number of allylic oxidation sites excluding steroid dienone is 1. The van der Waals surface area contributed by atoms with Crippen molar-refractivity contribution < 1.29 is 19.1 Å². The smallest absolute Gasteiger partial charge is 0.290 e. The third-order valence-electron chi connectivity index (χ3n) is 5.76. The third-order valence-corrected chi connectivity index (χ3v) is 5.76. The second kappa shape index (κ2) is 8.71. The first-order valence-corrected chi connectivity index (χ1v) is 10.3. The van der Waals surface area contributed by atoms with Crippen LogP contribution >= 0.6 is 0 Å². The van der Waals surface area contributed by atoms with E-state index in [4.69, 9.17) is 4.42 Å². The predicted octanol–water partition coefficient (Wildman–Crippen LogP) is 3.66. The summed E-state index contributed by atoms with van der Waals surface area (Å²) >= 11 is 0. The molecule has 0 spiro atoms. The van der Waals surface area contributed by atoms with Crippen LogP contribution < -0.4 is 0 Å². The molecule has 0 saturated carbocycles. The Morgan fingerprint density at radius 2 is 1.90 bits per heavy atom. The lowest BCUT2D eigenvalue weighted by atomic mass is 9.95. The van der Waals surface area contributed by atoms with E-state index in [1.165, 1.54) is 25.2 Å². The Morgan fingerprint density at radius 1 is 1.17 bits per heavy atom. The summed E-state index contributed by atoms with van der Waals surface area (Å²) in [5, 5.41) is 10.6. The van der Waals surface area contributed by atoms with Gasteiger partial charge in [0.15, 0.2) is 11.5 Å². The molecule has 2 aliphatic heterocycles. The van der Waals surface area contributed by atoms with Crippen molar-refractivity contribution in [2.24, 2.45) is 0 Å². The molecule has 156 valence electrons. The van der Waals surface area contributed by atoms with Gasteiger partial charge in [0.25, 0.3) is 5.91 Å². The summed E-state index contributed by atoms with van der Waals surface area (Å²) in [4.78, 5) is 29.9. The average Bonchev–Trinajstić information content (AvgIpc) is 3.49. The molecule has 1 fully saturated rings. The fourth-order valence-corrected chi connectivity index (χ4v) is 4.12. The highest BCUT2D eigenvalue weighted by molar-refractivity contribution is 6.14. The molecule has 1 aromatic heterocycles. The maximum atomic E-state index is 13.0. The van der Waals surface area contributed by atoms with Crippen molar-refractivity contribution in [1.82, 2.24) is 9.80 Å². The molecule has 6 nitrogen and oxygen atoms in total. The summed E-state index contributed by atoms with van der Waals surface area (Å²) in [6.45, 7) is 5.22. The molecule has 1 N–H and O–H groups in total. The third kappa shape index (κ3) is 4.09. The first-order chi connectivity index (χ1) is 14.5. The van der Waals surface area contributed by atoms with Crippen molar-refractivity contribution in [1.29, 1.82) is 0 Å². The van der Waals surface area contributed by atoms with Crippen LogP contribution in [0.5, 0.6) is 0 Å². The summed E-state index contributed by atoms with van der Waals surface area (Å²) in [6.07, 6.45) is 6.75. The maximum Gasteiger partial charge on any atom is 0.290 e. The number of carbonyl (C=O) groups excluding carboxylic acids is 2. The van der Waals surface area contributed by atoms with E-state index in [0.29, 0.717) is 12.3 Å². The van der Waals surface area contributed by atoms with Crippen LogP contribution in [-0.4, -0.2) is 52.8 Å². The fraction of sp³-hybridized carbons (Fsp3) is 0.333. The van der Waals surface area contributed by atoms with Crippen LogP contribution in [-0.2, 0) is 9.59 Å². The van der Waals surface area contributed by atoms with Gasteiger partial charge in [-0.3, -0.25) is 9.59 Å². The summed E-state index contributed by atoms with van der Waals surface area (Å²) < 4.78 is 5.24. The van der Waals surface area contributed by atoms with Gasteiger partial charge < -0.3 is 19.3 Å². The topological polar surface area (TPSA) is 74.0 Å². The second-order valence-electron chi connectivity index (χ2n) is 7.84. The van der Waals surface area contributed by atoms with Gasteiger partial charge in [0.05, 0.1) is 17.9 Å². The van der Waals surface area contributed by atoms with Crippen LogP contribution in [0.1, 0.15) is 35.8 Å². The van der Waals surface area contributed by atoms with Crippen LogP contribution in [0.4, 0.5) is 0 Å². The van der Waals surface area contributed by atoms with E-state index in [1.807, 2.05) is 31.2 Å². The van der Waals surface area contributed by atoms with E-state index in [-0.39, 0.29) is 5.57 Å². The molecule has 0 aliphatic carbocycles. The van der Waals surface area contributed by atoms with Gasteiger partial charge in [0.1, 0.15) is 5.76 Å². The summed E-state index contributed by atoms with van der Waals surface area (Å²) in [7, 11) is 0.